The van der Waals surface area contributed by atoms with E-state index in [9.17, 15) is 4.79 Å². The molecule has 0 spiro atoms. The van der Waals surface area contributed by atoms with Gasteiger partial charge < -0.3 is 9.42 Å². The van der Waals surface area contributed by atoms with Crippen molar-refractivity contribution in [3.05, 3.63) is 45.4 Å². The van der Waals surface area contributed by atoms with Gasteiger partial charge in [0, 0.05) is 49.2 Å². The number of aromatic nitrogens is 2. The predicted molar refractivity (Wildman–Crippen MR) is 104 cm³/mol. The molecule has 7 heteroatoms. The van der Waals surface area contributed by atoms with Gasteiger partial charge in [0.1, 0.15) is 0 Å². The number of nitrogens with zero attached hydrogens (tertiary/aromatic N) is 4. The monoisotopic (exact) mass is 382 g/mol. The van der Waals surface area contributed by atoms with E-state index in [-0.39, 0.29) is 5.91 Å². The Labute approximate surface area is 161 Å². The van der Waals surface area contributed by atoms with Gasteiger partial charge in [-0.25, -0.2) is 4.98 Å². The summed E-state index contributed by atoms with van der Waals surface area (Å²) < 4.78 is 5.38. The van der Waals surface area contributed by atoms with Crippen molar-refractivity contribution in [1.82, 2.24) is 19.9 Å². The Kier molecular flexibility index (Phi) is 4.21. The van der Waals surface area contributed by atoms with E-state index in [0.717, 1.165) is 62.3 Å². The van der Waals surface area contributed by atoms with Crippen LogP contribution in [0.3, 0.4) is 0 Å². The van der Waals surface area contributed by atoms with Gasteiger partial charge >= 0.3 is 0 Å². The molecule has 27 heavy (non-hydrogen) atoms. The van der Waals surface area contributed by atoms with Crippen LogP contribution in [0.25, 0.3) is 11.1 Å². The van der Waals surface area contributed by atoms with E-state index < -0.39 is 0 Å². The molecule has 0 bridgehead atoms. The third-order valence-corrected chi connectivity index (χ3v) is 6.34. The van der Waals surface area contributed by atoms with Gasteiger partial charge in [-0.2, -0.15) is 0 Å². The smallest absolute Gasteiger partial charge is 0.259 e. The molecule has 140 valence electrons. The van der Waals surface area contributed by atoms with Gasteiger partial charge in [0.05, 0.1) is 16.6 Å². The molecule has 4 heterocycles. The predicted octanol–water partition coefficient (Wildman–Crippen LogP) is 3.43. The lowest BCUT2D eigenvalue weighted by atomic mass is 10.1. The molecule has 0 atom stereocenters. The van der Waals surface area contributed by atoms with Crippen LogP contribution >= 0.6 is 11.3 Å². The Balaban J connectivity index is 1.36. The first kappa shape index (κ1) is 16.9. The summed E-state index contributed by atoms with van der Waals surface area (Å²) in [5.41, 5.74) is 2.90. The number of piperazine rings is 1. The van der Waals surface area contributed by atoms with Crippen molar-refractivity contribution in [3.63, 3.8) is 0 Å². The maximum Gasteiger partial charge on any atom is 0.259 e. The van der Waals surface area contributed by atoms with Gasteiger partial charge in [-0.05, 0) is 37.3 Å². The van der Waals surface area contributed by atoms with Crippen molar-refractivity contribution in [2.45, 2.75) is 32.2 Å². The summed E-state index contributed by atoms with van der Waals surface area (Å²) in [6.07, 6.45) is 2.28. The Morgan fingerprint density at radius 2 is 2.11 bits per heavy atom. The molecule has 3 aromatic rings. The van der Waals surface area contributed by atoms with Crippen LogP contribution in [0.5, 0.6) is 0 Å². The number of pyridine rings is 1. The largest absolute Gasteiger partial charge is 0.336 e. The molecule has 3 aromatic heterocycles. The summed E-state index contributed by atoms with van der Waals surface area (Å²) in [4.78, 5) is 23.6. The average molecular weight is 382 g/mol. The molecule has 1 amide bonds. The highest BCUT2D eigenvalue weighted by Gasteiger charge is 2.30. The second-order valence-corrected chi connectivity index (χ2v) is 8.50. The van der Waals surface area contributed by atoms with E-state index in [1.165, 1.54) is 4.88 Å². The summed E-state index contributed by atoms with van der Waals surface area (Å²) in [5, 5.41) is 6.93. The molecule has 0 radical (unpaired) electrons. The Morgan fingerprint density at radius 1 is 1.30 bits per heavy atom. The molecule has 1 aliphatic heterocycles. The van der Waals surface area contributed by atoms with Gasteiger partial charge in [-0.15, -0.1) is 11.3 Å². The lowest BCUT2D eigenvalue weighted by Gasteiger charge is -2.34. The highest BCUT2D eigenvalue weighted by Crippen LogP contribution is 2.40. The van der Waals surface area contributed by atoms with Crippen LogP contribution in [0.2, 0.25) is 0 Å². The average Bonchev–Trinajstić information content (AvgIpc) is 3.30. The molecule has 6 nitrogen and oxygen atoms in total. The fourth-order valence-corrected chi connectivity index (χ4v) is 4.52. The highest BCUT2D eigenvalue weighted by molar-refractivity contribution is 7.09. The summed E-state index contributed by atoms with van der Waals surface area (Å²) in [6.45, 7) is 6.13. The third kappa shape index (κ3) is 3.26. The van der Waals surface area contributed by atoms with Gasteiger partial charge in [0.2, 0.25) is 0 Å². The molecular formula is C20H22N4O2S. The molecule has 0 aromatic carbocycles. The molecule has 2 aliphatic rings. The SMILES string of the molecule is Cc1noc2nc(C3CC3)cc(C(=O)N3CCN(Cc4cccs4)CC3)c12. The van der Waals surface area contributed by atoms with E-state index in [0.29, 0.717) is 17.2 Å². The van der Waals surface area contributed by atoms with Crippen LogP contribution in [0.1, 0.15) is 45.4 Å². The summed E-state index contributed by atoms with van der Waals surface area (Å²) >= 11 is 1.79. The maximum absolute atomic E-state index is 13.3. The minimum absolute atomic E-state index is 0.0753. The number of amides is 1. The Morgan fingerprint density at radius 3 is 2.81 bits per heavy atom. The molecule has 5 rings (SSSR count). The van der Waals surface area contributed by atoms with E-state index in [4.69, 9.17) is 4.52 Å². The van der Waals surface area contributed by atoms with Crippen LogP contribution in [0.15, 0.2) is 28.1 Å². The molecule has 1 saturated heterocycles. The minimum atomic E-state index is 0.0753. The van der Waals surface area contributed by atoms with Crippen molar-refractivity contribution >= 4 is 28.3 Å². The molecule has 2 fully saturated rings. The standard InChI is InChI=1S/C20H22N4O2S/c1-13-18-16(11-17(14-4-5-14)21-19(18)26-22-13)20(25)24-8-6-23(7-9-24)12-15-3-2-10-27-15/h2-3,10-11,14H,4-9,12H2,1H3. The lowest BCUT2D eigenvalue weighted by molar-refractivity contribution is 0.0631. The van der Waals surface area contributed by atoms with Gasteiger partial charge in [0.25, 0.3) is 11.6 Å². The third-order valence-electron chi connectivity index (χ3n) is 5.48. The van der Waals surface area contributed by atoms with Gasteiger partial charge in [-0.1, -0.05) is 11.2 Å². The number of aryl methyl sites for hydroxylation is 1. The van der Waals surface area contributed by atoms with Gasteiger partial charge in [0.15, 0.2) is 0 Å². The van der Waals surface area contributed by atoms with Crippen LogP contribution in [-0.4, -0.2) is 52.0 Å². The van der Waals surface area contributed by atoms with Crippen molar-refractivity contribution in [1.29, 1.82) is 0 Å². The van der Waals surface area contributed by atoms with E-state index >= 15 is 0 Å². The number of hydrogen-bond donors (Lipinski definition) is 0. The number of fused-ring (bicyclic) bond motifs is 1. The second-order valence-electron chi connectivity index (χ2n) is 7.46. The summed E-state index contributed by atoms with van der Waals surface area (Å²) in [7, 11) is 0. The molecule has 1 saturated carbocycles. The topological polar surface area (TPSA) is 62.5 Å². The quantitative estimate of drug-likeness (QED) is 0.692. The Bertz CT molecular complexity index is 969. The summed E-state index contributed by atoms with van der Waals surface area (Å²) in [6, 6.07) is 6.24. The van der Waals surface area contributed by atoms with Crippen molar-refractivity contribution in [3.8, 4) is 0 Å². The highest BCUT2D eigenvalue weighted by atomic mass is 32.1. The number of rotatable bonds is 4. The van der Waals surface area contributed by atoms with E-state index in [2.05, 4.69) is 32.6 Å². The molecule has 0 unspecified atom stereocenters. The zero-order valence-corrected chi connectivity index (χ0v) is 16.2. The minimum Gasteiger partial charge on any atom is -0.336 e. The van der Waals surface area contributed by atoms with Crippen LogP contribution in [-0.2, 0) is 6.54 Å². The van der Waals surface area contributed by atoms with Crippen LogP contribution < -0.4 is 0 Å². The molecular weight excluding hydrogens is 360 g/mol. The van der Waals surface area contributed by atoms with E-state index in [1.807, 2.05) is 17.9 Å². The first-order valence-corrected chi connectivity index (χ1v) is 10.4. The van der Waals surface area contributed by atoms with Crippen molar-refractivity contribution in [2.75, 3.05) is 26.2 Å². The fraction of sp³-hybridized carbons (Fsp3) is 0.450. The number of carbonyl (C=O) groups excluding carboxylic acids is 1. The maximum atomic E-state index is 13.3. The van der Waals surface area contributed by atoms with Crippen molar-refractivity contribution in [2.24, 2.45) is 0 Å². The number of hydrogen-bond acceptors (Lipinski definition) is 6. The summed E-state index contributed by atoms with van der Waals surface area (Å²) in [5.74, 6) is 0.542. The first-order chi connectivity index (χ1) is 13.2. The zero-order valence-electron chi connectivity index (χ0n) is 15.4. The van der Waals surface area contributed by atoms with E-state index in [1.54, 1.807) is 11.3 Å². The lowest BCUT2D eigenvalue weighted by Crippen LogP contribution is -2.48. The Hall–Kier alpha value is -2.25. The fourth-order valence-electron chi connectivity index (χ4n) is 3.77. The number of carbonyl (C=O) groups is 1. The first-order valence-electron chi connectivity index (χ1n) is 9.50. The van der Waals surface area contributed by atoms with Crippen LogP contribution in [0, 0.1) is 6.92 Å². The molecule has 0 N–H and O–H groups in total. The van der Waals surface area contributed by atoms with Gasteiger partial charge in [-0.3, -0.25) is 9.69 Å². The second kappa shape index (κ2) is 6.73. The zero-order chi connectivity index (χ0) is 18.4. The van der Waals surface area contributed by atoms with Crippen LogP contribution in [0.4, 0.5) is 0 Å². The van der Waals surface area contributed by atoms with Crippen molar-refractivity contribution < 1.29 is 9.32 Å². The number of thiophene rings is 1. The molecule has 1 aliphatic carbocycles. The normalized spacial score (nSPS) is 18.3.